The van der Waals surface area contributed by atoms with E-state index in [-0.39, 0.29) is 11.5 Å². The molecule has 0 bridgehead atoms. The van der Waals surface area contributed by atoms with Gasteiger partial charge in [-0.1, -0.05) is 0 Å². The molecule has 0 heterocycles. The summed E-state index contributed by atoms with van der Waals surface area (Å²) >= 11 is 1.15. The van der Waals surface area contributed by atoms with Gasteiger partial charge in [-0.25, -0.2) is 0 Å². The Hall–Kier alpha value is -0.550. The molecule has 3 N–H and O–H groups in total. The van der Waals surface area contributed by atoms with Crippen LogP contribution in [0.4, 0.5) is 0 Å². The summed E-state index contributed by atoms with van der Waals surface area (Å²) in [6.45, 7) is 1.39. The molecule has 0 saturated heterocycles. The number of carboxylic acid groups (broad SMARTS) is 1. The molecule has 0 aliphatic carbocycles. The number of ketones is 1. The van der Waals surface area contributed by atoms with Crippen LogP contribution in [0, 0.1) is 0 Å². The summed E-state index contributed by atoms with van der Waals surface area (Å²) < 4.78 is 0. The maximum atomic E-state index is 10.5. The number of rotatable bonds is 5. The van der Waals surface area contributed by atoms with Gasteiger partial charge >= 0.3 is 5.97 Å². The molecule has 0 aliphatic heterocycles. The highest BCUT2D eigenvalue weighted by Gasteiger charge is 2.08. The molecular weight excluding hydrogens is 166 g/mol. The summed E-state index contributed by atoms with van der Waals surface area (Å²) in [7, 11) is 0. The Morgan fingerprint density at radius 3 is 2.55 bits per heavy atom. The van der Waals surface area contributed by atoms with Crippen LogP contribution in [-0.4, -0.2) is 34.4 Å². The van der Waals surface area contributed by atoms with Crippen molar-refractivity contribution in [2.75, 3.05) is 11.5 Å². The molecular formula is C6H11NO3S. The number of aliphatic carboxylic acids is 1. The van der Waals surface area contributed by atoms with Gasteiger partial charge in [-0.15, -0.1) is 11.8 Å². The lowest BCUT2D eigenvalue weighted by Gasteiger charge is -2.04. The van der Waals surface area contributed by atoms with Crippen molar-refractivity contribution in [3.05, 3.63) is 0 Å². The highest BCUT2D eigenvalue weighted by Crippen LogP contribution is 2.01. The Labute approximate surface area is 69.1 Å². The second-order valence-electron chi connectivity index (χ2n) is 2.13. The molecule has 0 aliphatic rings. The first kappa shape index (κ1) is 10.4. The summed E-state index contributed by atoms with van der Waals surface area (Å²) in [5.74, 6) is -0.614. The van der Waals surface area contributed by atoms with Crippen molar-refractivity contribution in [1.29, 1.82) is 0 Å². The van der Waals surface area contributed by atoms with Gasteiger partial charge in [0.15, 0.2) is 0 Å². The first-order valence-corrected chi connectivity index (χ1v) is 4.25. The van der Waals surface area contributed by atoms with Gasteiger partial charge in [-0.2, -0.15) is 0 Å². The van der Waals surface area contributed by atoms with Crippen LogP contribution in [0.2, 0.25) is 0 Å². The molecule has 0 amide bonds. The Kier molecular flexibility index (Phi) is 4.89. The average molecular weight is 177 g/mol. The van der Waals surface area contributed by atoms with Crippen LogP contribution in [0.25, 0.3) is 0 Å². The largest absolute Gasteiger partial charge is 0.481 e. The minimum atomic E-state index is -0.884. The molecule has 1 atom stereocenters. The first-order valence-electron chi connectivity index (χ1n) is 3.09. The number of Topliss-reactive ketones (excluding diaryl/α,β-unsaturated/α-hetero) is 1. The van der Waals surface area contributed by atoms with E-state index < -0.39 is 12.0 Å². The van der Waals surface area contributed by atoms with Gasteiger partial charge in [-0.05, 0) is 6.92 Å². The molecule has 5 heteroatoms. The summed E-state index contributed by atoms with van der Waals surface area (Å²) in [5, 5.41) is 8.22. The van der Waals surface area contributed by atoms with Gasteiger partial charge in [0.1, 0.15) is 5.78 Å². The van der Waals surface area contributed by atoms with E-state index in [0.29, 0.717) is 5.75 Å². The lowest BCUT2D eigenvalue weighted by molar-refractivity contribution is -0.134. The monoisotopic (exact) mass is 177 g/mol. The number of nitrogens with two attached hydrogens (primary N) is 1. The van der Waals surface area contributed by atoms with E-state index in [1.807, 2.05) is 0 Å². The van der Waals surface area contributed by atoms with Crippen LogP contribution in [0.5, 0.6) is 0 Å². The van der Waals surface area contributed by atoms with Crippen molar-refractivity contribution < 1.29 is 14.7 Å². The van der Waals surface area contributed by atoms with Crippen molar-refractivity contribution in [3.8, 4) is 0 Å². The molecule has 0 aromatic rings. The third kappa shape index (κ3) is 5.87. The highest BCUT2D eigenvalue weighted by molar-refractivity contribution is 8.00. The molecule has 0 spiro atoms. The van der Waals surface area contributed by atoms with E-state index in [1.165, 1.54) is 6.92 Å². The second kappa shape index (κ2) is 5.15. The lowest BCUT2D eigenvalue weighted by Crippen LogP contribution is -2.31. The molecule has 0 radical (unpaired) electrons. The van der Waals surface area contributed by atoms with Crippen LogP contribution in [0.3, 0.4) is 0 Å². The maximum absolute atomic E-state index is 10.5. The van der Waals surface area contributed by atoms with Crippen molar-refractivity contribution in [3.63, 3.8) is 0 Å². The third-order valence-electron chi connectivity index (χ3n) is 1.05. The van der Waals surface area contributed by atoms with Crippen LogP contribution >= 0.6 is 11.8 Å². The summed E-state index contributed by atoms with van der Waals surface area (Å²) in [6.07, 6.45) is 0. The minimum absolute atomic E-state index is 0.000972. The Balaban J connectivity index is 3.39. The fourth-order valence-electron chi connectivity index (χ4n) is 0.391. The van der Waals surface area contributed by atoms with Gasteiger partial charge in [0.25, 0.3) is 0 Å². The number of carbonyl (C=O) groups excluding carboxylic acids is 1. The van der Waals surface area contributed by atoms with Crippen molar-refractivity contribution in [2.45, 2.75) is 13.0 Å². The molecule has 0 fully saturated rings. The van der Waals surface area contributed by atoms with Crippen LogP contribution in [-0.2, 0) is 9.59 Å². The van der Waals surface area contributed by atoms with Crippen LogP contribution < -0.4 is 5.73 Å². The van der Waals surface area contributed by atoms with E-state index in [0.717, 1.165) is 11.8 Å². The summed E-state index contributed by atoms with van der Waals surface area (Å²) in [4.78, 5) is 20.5. The van der Waals surface area contributed by atoms with E-state index in [1.54, 1.807) is 0 Å². The van der Waals surface area contributed by atoms with E-state index in [9.17, 15) is 9.59 Å². The second-order valence-corrected chi connectivity index (χ2v) is 3.16. The van der Waals surface area contributed by atoms with E-state index in [4.69, 9.17) is 10.8 Å². The Bertz CT molecular complexity index is 160. The number of carboxylic acids is 1. The van der Waals surface area contributed by atoms with Gasteiger partial charge in [0.05, 0.1) is 11.8 Å². The van der Waals surface area contributed by atoms with E-state index in [2.05, 4.69) is 0 Å². The minimum Gasteiger partial charge on any atom is -0.481 e. The molecule has 0 saturated carbocycles. The summed E-state index contributed by atoms with van der Waals surface area (Å²) in [5.41, 5.74) is 5.34. The highest BCUT2D eigenvalue weighted by atomic mass is 32.2. The maximum Gasteiger partial charge on any atom is 0.313 e. The fourth-order valence-corrected chi connectivity index (χ4v) is 1.17. The van der Waals surface area contributed by atoms with Gasteiger partial charge < -0.3 is 10.8 Å². The average Bonchev–Trinajstić information content (AvgIpc) is 1.86. The van der Waals surface area contributed by atoms with E-state index >= 15 is 0 Å². The molecule has 1 unspecified atom stereocenters. The van der Waals surface area contributed by atoms with Crippen LogP contribution in [0.1, 0.15) is 6.92 Å². The topological polar surface area (TPSA) is 80.4 Å². The quantitative estimate of drug-likeness (QED) is 0.603. The molecule has 64 valence electrons. The molecule has 0 aromatic carbocycles. The first-order chi connectivity index (χ1) is 5.04. The van der Waals surface area contributed by atoms with Crippen molar-refractivity contribution in [1.82, 2.24) is 0 Å². The number of hydrogen-bond acceptors (Lipinski definition) is 4. The van der Waals surface area contributed by atoms with Gasteiger partial charge in [-0.3, -0.25) is 9.59 Å². The normalized spacial score (nSPS) is 12.5. The Morgan fingerprint density at radius 1 is 1.64 bits per heavy atom. The Morgan fingerprint density at radius 2 is 2.18 bits per heavy atom. The number of thioether (sulfide) groups is 1. The smallest absolute Gasteiger partial charge is 0.313 e. The number of carbonyl (C=O) groups is 2. The van der Waals surface area contributed by atoms with Gasteiger partial charge in [0, 0.05) is 5.75 Å². The van der Waals surface area contributed by atoms with Crippen molar-refractivity contribution >= 4 is 23.5 Å². The molecule has 11 heavy (non-hydrogen) atoms. The SMILES string of the molecule is CC(=O)C(N)CSCC(=O)O. The molecule has 4 nitrogen and oxygen atoms in total. The zero-order valence-electron chi connectivity index (χ0n) is 6.24. The lowest BCUT2D eigenvalue weighted by atomic mass is 10.3. The fraction of sp³-hybridized carbons (Fsp3) is 0.667. The van der Waals surface area contributed by atoms with Crippen molar-refractivity contribution in [2.24, 2.45) is 5.73 Å². The third-order valence-corrected chi connectivity index (χ3v) is 2.09. The number of hydrogen-bond donors (Lipinski definition) is 2. The predicted molar refractivity (Wildman–Crippen MR) is 43.6 cm³/mol. The zero-order chi connectivity index (χ0) is 8.85. The van der Waals surface area contributed by atoms with Crippen LogP contribution in [0.15, 0.2) is 0 Å². The zero-order valence-corrected chi connectivity index (χ0v) is 7.06. The standard InChI is InChI=1S/C6H11NO3S/c1-4(8)5(7)2-11-3-6(9)10/h5H,2-3,7H2,1H3,(H,9,10). The summed E-state index contributed by atoms with van der Waals surface area (Å²) in [6, 6.07) is -0.528. The van der Waals surface area contributed by atoms with Gasteiger partial charge in [0.2, 0.25) is 0 Å². The predicted octanol–water partition coefficient (Wildman–Crippen LogP) is -0.280. The molecule has 0 aromatic heterocycles. The molecule has 0 rings (SSSR count).